The van der Waals surface area contributed by atoms with Crippen LogP contribution in [-0.4, -0.2) is 118 Å². The van der Waals surface area contributed by atoms with Gasteiger partial charge in [-0.2, -0.15) is 0 Å². The van der Waals surface area contributed by atoms with E-state index in [0.717, 1.165) is 0 Å². The van der Waals surface area contributed by atoms with Gasteiger partial charge in [-0.05, 0) is 24.3 Å². The Morgan fingerprint density at radius 2 is 1.44 bits per heavy atom. The number of rotatable bonds is 8. The molecule has 2 aliphatic rings. The first-order valence-corrected chi connectivity index (χ1v) is 10.7. The van der Waals surface area contributed by atoms with Gasteiger partial charge in [0.1, 0.15) is 60.3 Å². The summed E-state index contributed by atoms with van der Waals surface area (Å²) in [6, 6.07) is 5.27. The highest BCUT2D eigenvalue weighted by molar-refractivity contribution is 5.73. The van der Waals surface area contributed by atoms with E-state index in [9.17, 15) is 35.4 Å². The van der Waals surface area contributed by atoms with Gasteiger partial charge in [0.15, 0.2) is 6.29 Å². The molecule has 0 spiro atoms. The molecule has 34 heavy (non-hydrogen) atoms. The van der Waals surface area contributed by atoms with Crippen molar-refractivity contribution in [3.05, 3.63) is 24.3 Å². The monoisotopic (exact) mass is 489 g/mol. The molecular weight excluding hydrogens is 458 g/mol. The van der Waals surface area contributed by atoms with Crippen LogP contribution in [0.15, 0.2) is 24.3 Å². The fourth-order valence-electron chi connectivity index (χ4n) is 3.84. The van der Waals surface area contributed by atoms with Crippen molar-refractivity contribution in [1.82, 2.24) is 5.32 Å². The summed E-state index contributed by atoms with van der Waals surface area (Å²) in [6.07, 6.45) is -13.3. The first kappa shape index (κ1) is 26.5. The van der Waals surface area contributed by atoms with Gasteiger partial charge in [0, 0.05) is 6.92 Å². The van der Waals surface area contributed by atoms with Gasteiger partial charge in [0.05, 0.1) is 20.3 Å². The fraction of sp³-hybridized carbons (Fsp3) is 0.667. The smallest absolute Gasteiger partial charge is 0.223 e. The lowest BCUT2D eigenvalue weighted by atomic mass is 9.95. The molecule has 0 unspecified atom stereocenters. The molecule has 13 heteroatoms. The van der Waals surface area contributed by atoms with Gasteiger partial charge >= 0.3 is 0 Å². The third kappa shape index (κ3) is 5.76. The molecule has 0 bridgehead atoms. The van der Waals surface area contributed by atoms with Gasteiger partial charge in [0.25, 0.3) is 0 Å². The number of carbonyl (C=O) groups is 1. The predicted octanol–water partition coefficient (Wildman–Crippen LogP) is -3.16. The average Bonchev–Trinajstić information content (AvgIpc) is 2.83. The number of amides is 1. The van der Waals surface area contributed by atoms with Crippen molar-refractivity contribution in [2.24, 2.45) is 0 Å². The average molecular weight is 489 g/mol. The van der Waals surface area contributed by atoms with Crippen LogP contribution in [0.25, 0.3) is 0 Å². The molecule has 1 aromatic carbocycles. The van der Waals surface area contributed by atoms with Gasteiger partial charge < -0.3 is 59.6 Å². The van der Waals surface area contributed by atoms with Crippen LogP contribution in [0.1, 0.15) is 6.92 Å². The summed E-state index contributed by atoms with van der Waals surface area (Å²) in [7, 11) is 1.50. The number of benzene rings is 1. The molecule has 3 rings (SSSR count). The summed E-state index contributed by atoms with van der Waals surface area (Å²) in [5.74, 6) is 0.373. The minimum atomic E-state index is -1.75. The zero-order chi connectivity index (χ0) is 25.0. The number of methoxy groups -OCH3 is 1. The van der Waals surface area contributed by atoms with Crippen LogP contribution in [0.3, 0.4) is 0 Å². The number of aliphatic hydroxyl groups excluding tert-OH is 6. The molecule has 2 fully saturated rings. The number of nitrogens with one attached hydrogen (secondary N) is 1. The lowest BCUT2D eigenvalue weighted by molar-refractivity contribution is -0.339. The molecule has 192 valence electrons. The fourth-order valence-corrected chi connectivity index (χ4v) is 3.84. The van der Waals surface area contributed by atoms with Crippen molar-refractivity contribution in [2.75, 3.05) is 20.3 Å². The van der Waals surface area contributed by atoms with E-state index in [1.54, 1.807) is 24.3 Å². The van der Waals surface area contributed by atoms with Crippen molar-refractivity contribution in [1.29, 1.82) is 0 Å². The lowest BCUT2D eigenvalue weighted by Gasteiger charge is -2.47. The van der Waals surface area contributed by atoms with E-state index < -0.39 is 80.5 Å². The van der Waals surface area contributed by atoms with Crippen molar-refractivity contribution in [2.45, 2.75) is 68.3 Å². The quantitative estimate of drug-likeness (QED) is 0.194. The zero-order valence-electron chi connectivity index (χ0n) is 18.6. The van der Waals surface area contributed by atoms with E-state index in [4.69, 9.17) is 23.7 Å². The minimum absolute atomic E-state index is 0.320. The van der Waals surface area contributed by atoms with E-state index in [-0.39, 0.29) is 0 Å². The molecule has 2 saturated heterocycles. The molecule has 2 aliphatic heterocycles. The van der Waals surface area contributed by atoms with Gasteiger partial charge in [-0.1, -0.05) is 0 Å². The van der Waals surface area contributed by atoms with E-state index in [0.29, 0.717) is 11.5 Å². The number of hydrogen-bond acceptors (Lipinski definition) is 12. The normalized spacial score (nSPS) is 38.2. The molecule has 1 aromatic rings. The largest absolute Gasteiger partial charge is 0.497 e. The highest BCUT2D eigenvalue weighted by Crippen LogP contribution is 2.31. The molecule has 0 aliphatic carbocycles. The van der Waals surface area contributed by atoms with Crippen LogP contribution in [0, 0.1) is 0 Å². The van der Waals surface area contributed by atoms with E-state index in [1.165, 1.54) is 14.0 Å². The zero-order valence-corrected chi connectivity index (χ0v) is 18.6. The SMILES string of the molecule is COc1ccc(O[C@@H]2O[C@H](CO)[C@@H](O)[C@H](O[C@H]3O[C@@H](CO)[C@H](O)[C@@H](O)[C@@H]3O)[C@H]2NC(C)=O)cc1. The Bertz CT molecular complexity index is 792. The summed E-state index contributed by atoms with van der Waals surface area (Å²) >= 11 is 0. The Balaban J connectivity index is 1.87. The maximum atomic E-state index is 11.9. The molecular formula is C21H31NO12. The first-order valence-electron chi connectivity index (χ1n) is 10.7. The predicted molar refractivity (Wildman–Crippen MR) is 112 cm³/mol. The standard InChI is InChI=1S/C21H31NO12/c1-9(25)22-14-19(34-21-18(29)17(28)15(26)12(7-23)33-21)16(27)13(8-24)32-20(14)31-11-5-3-10(30-2)4-6-11/h3-6,12-21,23-24,26-29H,7-8H2,1-2H3,(H,22,25)/t12-,13+,14+,15-,16+,17+,18-,19+,20+,21+/m0/s1. The van der Waals surface area contributed by atoms with Crippen LogP contribution in [0.2, 0.25) is 0 Å². The maximum absolute atomic E-state index is 11.9. The molecule has 0 aromatic heterocycles. The highest BCUT2D eigenvalue weighted by atomic mass is 16.7. The third-order valence-corrected chi connectivity index (χ3v) is 5.67. The summed E-state index contributed by atoms with van der Waals surface area (Å²) in [6.45, 7) is -0.0937. The van der Waals surface area contributed by atoms with Crippen LogP contribution >= 0.6 is 0 Å². The summed E-state index contributed by atoms with van der Waals surface area (Å²) in [5, 5.41) is 62.9. The number of carbonyl (C=O) groups excluding carboxylic acids is 1. The summed E-state index contributed by atoms with van der Waals surface area (Å²) in [4.78, 5) is 11.9. The van der Waals surface area contributed by atoms with Gasteiger partial charge in [-0.15, -0.1) is 0 Å². The Hall–Kier alpha value is -2.07. The number of hydrogen-bond donors (Lipinski definition) is 7. The topological polar surface area (TPSA) is 197 Å². The number of ether oxygens (including phenoxy) is 5. The Labute approximate surface area is 195 Å². The summed E-state index contributed by atoms with van der Waals surface area (Å²) < 4.78 is 27.7. The molecule has 0 radical (unpaired) electrons. The third-order valence-electron chi connectivity index (χ3n) is 5.67. The van der Waals surface area contributed by atoms with E-state index in [2.05, 4.69) is 5.32 Å². The van der Waals surface area contributed by atoms with Crippen LogP contribution in [0.4, 0.5) is 0 Å². The van der Waals surface area contributed by atoms with Crippen molar-refractivity contribution < 1.29 is 59.1 Å². The Morgan fingerprint density at radius 3 is 2.00 bits per heavy atom. The van der Waals surface area contributed by atoms with Crippen molar-refractivity contribution >= 4 is 5.91 Å². The molecule has 13 nitrogen and oxygen atoms in total. The van der Waals surface area contributed by atoms with Crippen LogP contribution in [0.5, 0.6) is 11.5 Å². The Kier molecular flexibility index (Phi) is 9.03. The second-order valence-electron chi connectivity index (χ2n) is 8.03. The van der Waals surface area contributed by atoms with Crippen LogP contribution < -0.4 is 14.8 Å². The molecule has 10 atom stereocenters. The van der Waals surface area contributed by atoms with Gasteiger partial charge in [-0.25, -0.2) is 0 Å². The molecule has 7 N–H and O–H groups in total. The van der Waals surface area contributed by atoms with Gasteiger partial charge in [-0.3, -0.25) is 4.79 Å². The highest BCUT2D eigenvalue weighted by Gasteiger charge is 2.52. The first-order chi connectivity index (χ1) is 16.2. The van der Waals surface area contributed by atoms with E-state index in [1.807, 2.05) is 0 Å². The minimum Gasteiger partial charge on any atom is -0.497 e. The van der Waals surface area contributed by atoms with Crippen molar-refractivity contribution in [3.8, 4) is 11.5 Å². The lowest BCUT2D eigenvalue weighted by Crippen LogP contribution is -2.68. The van der Waals surface area contributed by atoms with Gasteiger partial charge in [0.2, 0.25) is 12.2 Å². The molecule has 0 saturated carbocycles. The van der Waals surface area contributed by atoms with Crippen molar-refractivity contribution in [3.63, 3.8) is 0 Å². The Morgan fingerprint density at radius 1 is 0.882 bits per heavy atom. The second kappa shape index (κ2) is 11.6. The van der Waals surface area contributed by atoms with Crippen LogP contribution in [-0.2, 0) is 19.0 Å². The maximum Gasteiger partial charge on any atom is 0.223 e. The molecule has 2 heterocycles. The molecule has 1 amide bonds. The summed E-state index contributed by atoms with van der Waals surface area (Å²) in [5.41, 5.74) is 0. The van der Waals surface area contributed by atoms with E-state index >= 15 is 0 Å². The number of aliphatic hydroxyl groups is 6. The second-order valence-corrected chi connectivity index (χ2v) is 8.03.